The van der Waals surface area contributed by atoms with Gasteiger partial charge in [-0.05, 0) is 49.8 Å². The van der Waals surface area contributed by atoms with Crippen LogP contribution in [0, 0.1) is 0 Å². The van der Waals surface area contributed by atoms with Gasteiger partial charge in [-0.3, -0.25) is 9.59 Å². The molecule has 0 saturated carbocycles. The molecule has 138 valence electrons. The Bertz CT molecular complexity index is 1210. The predicted molar refractivity (Wildman–Crippen MR) is 106 cm³/mol. The average molecular weight is 362 g/mol. The third-order valence-electron chi connectivity index (χ3n) is 5.93. The minimum atomic E-state index is -0.241. The zero-order valence-electron chi connectivity index (χ0n) is 15.4. The second-order valence-corrected chi connectivity index (χ2v) is 7.51. The number of anilines is 1. The Balaban J connectivity index is 1.94. The van der Waals surface area contributed by atoms with Crippen molar-refractivity contribution in [2.24, 2.45) is 0 Å². The van der Waals surface area contributed by atoms with Gasteiger partial charge in [-0.1, -0.05) is 25.5 Å². The van der Waals surface area contributed by atoms with Gasteiger partial charge in [-0.15, -0.1) is 0 Å². The van der Waals surface area contributed by atoms with Gasteiger partial charge >= 0.3 is 0 Å². The van der Waals surface area contributed by atoms with Crippen molar-refractivity contribution in [3.63, 3.8) is 0 Å². The Morgan fingerprint density at radius 2 is 1.81 bits per heavy atom. The quantitative estimate of drug-likeness (QED) is 0.760. The molecule has 6 heteroatoms. The van der Waals surface area contributed by atoms with Crippen LogP contribution < -0.4 is 16.9 Å². The van der Waals surface area contributed by atoms with Gasteiger partial charge in [0.25, 0.3) is 11.1 Å². The van der Waals surface area contributed by atoms with Crippen molar-refractivity contribution >= 4 is 16.5 Å². The van der Waals surface area contributed by atoms with Gasteiger partial charge in [-0.2, -0.15) is 4.68 Å². The molecule has 3 aromatic rings. The summed E-state index contributed by atoms with van der Waals surface area (Å²) in [6.45, 7) is 2.08. The summed E-state index contributed by atoms with van der Waals surface area (Å²) in [7, 11) is 0. The van der Waals surface area contributed by atoms with E-state index in [0.717, 1.165) is 61.0 Å². The first-order chi connectivity index (χ1) is 13.1. The van der Waals surface area contributed by atoms with E-state index in [2.05, 4.69) is 6.92 Å². The molecule has 6 nitrogen and oxygen atoms in total. The molecule has 5 rings (SSSR count). The molecule has 1 atom stereocenters. The maximum absolute atomic E-state index is 13.3. The van der Waals surface area contributed by atoms with Crippen LogP contribution in [0.4, 0.5) is 5.69 Å². The number of fused-ring (bicyclic) bond motifs is 5. The standard InChI is InChI=1S/C21H22N4O2/c1-2-7-16-17-18(22)14-10-5-6-11-15(14)23-19(17)25-21(27)13-9-4-3-8-12(13)20(26)24(16)25/h3-4,8-9,16H,2,5-7,10-11H2,1H3,(H2,22,23). The maximum atomic E-state index is 13.3. The molecule has 0 spiro atoms. The summed E-state index contributed by atoms with van der Waals surface area (Å²) in [6.07, 6.45) is 5.60. The van der Waals surface area contributed by atoms with Crippen LogP contribution in [0.5, 0.6) is 0 Å². The summed E-state index contributed by atoms with van der Waals surface area (Å²) in [5.74, 6) is 0.555. The molecule has 0 radical (unpaired) electrons. The number of nitrogens with zero attached hydrogens (tertiary/aromatic N) is 3. The van der Waals surface area contributed by atoms with Crippen molar-refractivity contribution < 1.29 is 0 Å². The highest BCUT2D eigenvalue weighted by atomic mass is 16.2. The highest BCUT2D eigenvalue weighted by Gasteiger charge is 2.36. The normalized spacial score (nSPS) is 17.6. The fraction of sp³-hybridized carbons (Fsp3) is 0.381. The van der Waals surface area contributed by atoms with Gasteiger partial charge in [0.05, 0.1) is 16.8 Å². The molecule has 1 unspecified atom stereocenters. The summed E-state index contributed by atoms with van der Waals surface area (Å²) in [5.41, 5.74) is 9.93. The molecule has 0 bridgehead atoms. The second kappa shape index (κ2) is 5.81. The zero-order valence-corrected chi connectivity index (χ0v) is 15.4. The van der Waals surface area contributed by atoms with E-state index in [4.69, 9.17) is 10.7 Å². The summed E-state index contributed by atoms with van der Waals surface area (Å²) in [5, 5.41) is 0.885. The third-order valence-corrected chi connectivity index (χ3v) is 5.93. The van der Waals surface area contributed by atoms with E-state index in [1.54, 1.807) is 28.9 Å². The molecule has 0 fully saturated rings. The van der Waals surface area contributed by atoms with E-state index < -0.39 is 0 Å². The number of pyridine rings is 1. The van der Waals surface area contributed by atoms with E-state index in [1.165, 1.54) is 4.68 Å². The maximum Gasteiger partial charge on any atom is 0.279 e. The highest BCUT2D eigenvalue weighted by Crippen LogP contribution is 2.40. The van der Waals surface area contributed by atoms with Gasteiger partial charge in [0.2, 0.25) is 0 Å². The minimum Gasteiger partial charge on any atom is -0.398 e. The van der Waals surface area contributed by atoms with Crippen LogP contribution in [0.15, 0.2) is 33.9 Å². The monoisotopic (exact) mass is 362 g/mol. The zero-order chi connectivity index (χ0) is 18.7. The van der Waals surface area contributed by atoms with Crippen molar-refractivity contribution in [2.45, 2.75) is 51.5 Å². The highest BCUT2D eigenvalue weighted by molar-refractivity contribution is 5.81. The Morgan fingerprint density at radius 3 is 2.56 bits per heavy atom. The molecule has 3 heterocycles. The van der Waals surface area contributed by atoms with E-state index in [0.29, 0.717) is 16.6 Å². The second-order valence-electron chi connectivity index (χ2n) is 7.51. The number of hydrogen-bond acceptors (Lipinski definition) is 4. The van der Waals surface area contributed by atoms with E-state index in [9.17, 15) is 9.59 Å². The Morgan fingerprint density at radius 1 is 1.11 bits per heavy atom. The molecular formula is C21H22N4O2. The number of aromatic nitrogens is 3. The predicted octanol–water partition coefficient (Wildman–Crippen LogP) is 2.71. The molecule has 27 heavy (non-hydrogen) atoms. The van der Waals surface area contributed by atoms with Gasteiger partial charge in [0.15, 0.2) is 5.82 Å². The van der Waals surface area contributed by atoms with Crippen LogP contribution >= 0.6 is 0 Å². The lowest BCUT2D eigenvalue weighted by atomic mass is 9.90. The summed E-state index contributed by atoms with van der Waals surface area (Å²) in [6, 6.07) is 6.77. The van der Waals surface area contributed by atoms with Crippen LogP contribution in [0.25, 0.3) is 16.6 Å². The molecule has 2 aromatic heterocycles. The number of nitrogens with two attached hydrogens (primary N) is 1. The fourth-order valence-electron chi connectivity index (χ4n) is 4.69. The van der Waals surface area contributed by atoms with Crippen molar-refractivity contribution in [2.75, 3.05) is 5.73 Å². The van der Waals surface area contributed by atoms with Crippen molar-refractivity contribution in [3.8, 4) is 5.82 Å². The molecule has 0 saturated heterocycles. The third kappa shape index (κ3) is 2.10. The van der Waals surface area contributed by atoms with Gasteiger partial charge in [0.1, 0.15) is 0 Å². The van der Waals surface area contributed by atoms with Crippen LogP contribution in [0.3, 0.4) is 0 Å². The van der Waals surface area contributed by atoms with Crippen LogP contribution in [0.1, 0.15) is 55.5 Å². The van der Waals surface area contributed by atoms with Crippen LogP contribution in [-0.4, -0.2) is 14.3 Å². The van der Waals surface area contributed by atoms with Crippen LogP contribution in [0.2, 0.25) is 0 Å². The number of hydrogen-bond donors (Lipinski definition) is 1. The van der Waals surface area contributed by atoms with Crippen molar-refractivity contribution in [3.05, 3.63) is 61.8 Å². The summed E-state index contributed by atoms with van der Waals surface area (Å²) >= 11 is 0. The molecule has 2 N–H and O–H groups in total. The molecule has 0 amide bonds. The number of benzene rings is 1. The number of aryl methyl sites for hydroxylation is 1. The first kappa shape index (κ1) is 16.3. The van der Waals surface area contributed by atoms with E-state index in [-0.39, 0.29) is 17.2 Å². The van der Waals surface area contributed by atoms with E-state index in [1.807, 2.05) is 0 Å². The summed E-state index contributed by atoms with van der Waals surface area (Å²) < 4.78 is 3.07. The Kier molecular flexibility index (Phi) is 3.50. The first-order valence-electron chi connectivity index (χ1n) is 9.71. The van der Waals surface area contributed by atoms with Gasteiger partial charge in [-0.25, -0.2) is 9.67 Å². The molecular weight excluding hydrogens is 340 g/mol. The van der Waals surface area contributed by atoms with Crippen molar-refractivity contribution in [1.82, 2.24) is 14.3 Å². The lowest BCUT2D eigenvalue weighted by Gasteiger charge is -2.20. The summed E-state index contributed by atoms with van der Waals surface area (Å²) in [4.78, 5) is 31.4. The Hall–Kier alpha value is -2.89. The van der Waals surface area contributed by atoms with Crippen molar-refractivity contribution in [1.29, 1.82) is 0 Å². The van der Waals surface area contributed by atoms with Crippen LogP contribution in [-0.2, 0) is 12.8 Å². The van der Waals surface area contributed by atoms with Gasteiger partial charge in [0, 0.05) is 16.9 Å². The lowest BCUT2D eigenvalue weighted by Crippen LogP contribution is -2.36. The lowest BCUT2D eigenvalue weighted by molar-refractivity contribution is 0.459. The van der Waals surface area contributed by atoms with E-state index >= 15 is 0 Å². The SMILES string of the molecule is CCCC1c2c(nc3c(c2N)CCCC3)-n2c(=O)c3ccccc3c(=O)n21. The number of rotatable bonds is 2. The Labute approximate surface area is 156 Å². The smallest absolute Gasteiger partial charge is 0.279 e. The molecule has 1 aliphatic carbocycles. The number of nitrogen functional groups attached to an aromatic ring is 1. The topological polar surface area (TPSA) is 82.9 Å². The van der Waals surface area contributed by atoms with Gasteiger partial charge < -0.3 is 5.73 Å². The molecule has 1 aliphatic heterocycles. The minimum absolute atomic E-state index is 0.154. The molecule has 2 aliphatic rings. The largest absolute Gasteiger partial charge is 0.398 e. The fourth-order valence-corrected chi connectivity index (χ4v) is 4.69. The molecule has 1 aromatic carbocycles. The first-order valence-corrected chi connectivity index (χ1v) is 9.71. The average Bonchev–Trinajstić information content (AvgIpc) is 3.01.